The minimum atomic E-state index is -0.711. The van der Waals surface area contributed by atoms with Gasteiger partial charge in [0.2, 0.25) is 0 Å². The standard InChI is InChI=1S/C10H11NO4.C4H8O2/c1-2-3-10(12)15-9-6-4-8(5-7-9)11(13)14;1-2-3-4(5)6/h4-7H,2-3H2,1H3;2-3H2,1H3,(H,5,6). The minimum absolute atomic E-state index is 0.0229. The Morgan fingerprint density at radius 2 is 1.67 bits per heavy atom. The number of nitro benzene ring substituents is 1. The first-order valence-electron chi connectivity index (χ1n) is 6.57. The molecular formula is C14H19NO6. The maximum atomic E-state index is 11.1. The molecule has 0 heterocycles. The zero-order chi connectivity index (χ0) is 16.3. The number of rotatable bonds is 6. The molecule has 0 aromatic heterocycles. The molecular weight excluding hydrogens is 278 g/mol. The molecule has 0 saturated heterocycles. The van der Waals surface area contributed by atoms with Crippen LogP contribution in [0.5, 0.6) is 5.75 Å². The summed E-state index contributed by atoms with van der Waals surface area (Å²) in [5.74, 6) is -0.706. The third kappa shape index (κ3) is 9.15. The van der Waals surface area contributed by atoms with Gasteiger partial charge >= 0.3 is 11.9 Å². The van der Waals surface area contributed by atoms with Crippen LogP contribution in [0, 0.1) is 10.1 Å². The van der Waals surface area contributed by atoms with Crippen LogP contribution >= 0.6 is 0 Å². The number of carbonyl (C=O) groups excluding carboxylic acids is 1. The first kappa shape index (κ1) is 18.6. The van der Waals surface area contributed by atoms with E-state index in [0.29, 0.717) is 25.0 Å². The van der Waals surface area contributed by atoms with E-state index in [2.05, 4.69) is 0 Å². The summed E-state index contributed by atoms with van der Waals surface area (Å²) >= 11 is 0. The highest BCUT2D eigenvalue weighted by Gasteiger charge is 2.07. The van der Waals surface area contributed by atoms with E-state index < -0.39 is 10.9 Å². The van der Waals surface area contributed by atoms with Crippen molar-refractivity contribution in [1.29, 1.82) is 0 Å². The Hall–Kier alpha value is -2.44. The van der Waals surface area contributed by atoms with E-state index in [0.717, 1.165) is 6.42 Å². The molecule has 21 heavy (non-hydrogen) atoms. The third-order valence-electron chi connectivity index (χ3n) is 2.20. The highest BCUT2D eigenvalue weighted by Crippen LogP contribution is 2.17. The number of carboxylic acid groups (broad SMARTS) is 1. The highest BCUT2D eigenvalue weighted by molar-refractivity contribution is 5.72. The van der Waals surface area contributed by atoms with Crippen molar-refractivity contribution in [2.75, 3.05) is 0 Å². The van der Waals surface area contributed by atoms with Crippen molar-refractivity contribution in [2.24, 2.45) is 0 Å². The van der Waals surface area contributed by atoms with Crippen LogP contribution in [0.2, 0.25) is 0 Å². The van der Waals surface area contributed by atoms with Crippen LogP contribution < -0.4 is 4.74 Å². The Labute approximate surface area is 122 Å². The lowest BCUT2D eigenvalue weighted by Gasteiger charge is -2.02. The molecule has 0 aliphatic carbocycles. The van der Waals surface area contributed by atoms with Gasteiger partial charge in [-0.15, -0.1) is 0 Å². The lowest BCUT2D eigenvalue weighted by molar-refractivity contribution is -0.384. The molecule has 0 saturated carbocycles. The number of hydrogen-bond acceptors (Lipinski definition) is 5. The summed E-state index contributed by atoms with van der Waals surface area (Å²) < 4.78 is 4.93. The average molecular weight is 297 g/mol. The SMILES string of the molecule is CCCC(=O)O.CCCC(=O)Oc1ccc([N+](=O)[O-])cc1. The van der Waals surface area contributed by atoms with Crippen molar-refractivity contribution >= 4 is 17.6 Å². The molecule has 0 aliphatic rings. The zero-order valence-corrected chi connectivity index (χ0v) is 12.1. The minimum Gasteiger partial charge on any atom is -0.481 e. The molecule has 1 rings (SSSR count). The van der Waals surface area contributed by atoms with E-state index in [9.17, 15) is 19.7 Å². The first-order valence-corrected chi connectivity index (χ1v) is 6.57. The van der Waals surface area contributed by atoms with Gasteiger partial charge in [-0.1, -0.05) is 13.8 Å². The molecule has 7 heteroatoms. The van der Waals surface area contributed by atoms with Gasteiger partial charge in [0.05, 0.1) is 4.92 Å². The van der Waals surface area contributed by atoms with Gasteiger partial charge in [-0.2, -0.15) is 0 Å². The fourth-order valence-electron chi connectivity index (χ4n) is 1.24. The van der Waals surface area contributed by atoms with Gasteiger partial charge < -0.3 is 9.84 Å². The molecule has 0 amide bonds. The number of carboxylic acids is 1. The summed E-state index contributed by atoms with van der Waals surface area (Å²) in [5.41, 5.74) is -0.0229. The van der Waals surface area contributed by atoms with Gasteiger partial charge in [0.1, 0.15) is 5.75 Å². The van der Waals surface area contributed by atoms with Crippen molar-refractivity contribution < 1.29 is 24.4 Å². The lowest BCUT2D eigenvalue weighted by atomic mass is 10.3. The number of ether oxygens (including phenoxy) is 1. The summed E-state index contributed by atoms with van der Waals surface area (Å²) in [6, 6.07) is 5.42. The number of non-ortho nitro benzene ring substituents is 1. The molecule has 1 aromatic rings. The molecule has 0 bridgehead atoms. The summed E-state index contributed by atoms with van der Waals surface area (Å²) in [5, 5.41) is 18.2. The quantitative estimate of drug-likeness (QED) is 0.374. The van der Waals surface area contributed by atoms with Crippen LogP contribution in [0.25, 0.3) is 0 Å². The highest BCUT2D eigenvalue weighted by atomic mass is 16.6. The number of nitro groups is 1. The first-order chi connectivity index (χ1) is 9.90. The maximum Gasteiger partial charge on any atom is 0.311 e. The van der Waals surface area contributed by atoms with Crippen LogP contribution in [-0.2, 0) is 9.59 Å². The van der Waals surface area contributed by atoms with Crippen molar-refractivity contribution in [3.05, 3.63) is 34.4 Å². The van der Waals surface area contributed by atoms with Gasteiger partial charge in [0, 0.05) is 25.0 Å². The van der Waals surface area contributed by atoms with Crippen LogP contribution in [-0.4, -0.2) is 22.0 Å². The number of esters is 1. The largest absolute Gasteiger partial charge is 0.481 e. The third-order valence-corrected chi connectivity index (χ3v) is 2.20. The molecule has 0 aliphatic heterocycles. The second kappa shape index (κ2) is 10.4. The molecule has 1 N–H and O–H groups in total. The normalized spacial score (nSPS) is 9.24. The number of hydrogen-bond donors (Lipinski definition) is 1. The van der Waals surface area contributed by atoms with E-state index in [1.165, 1.54) is 24.3 Å². The molecule has 0 atom stereocenters. The van der Waals surface area contributed by atoms with Gasteiger partial charge in [0.15, 0.2) is 0 Å². The zero-order valence-electron chi connectivity index (χ0n) is 12.1. The predicted molar refractivity (Wildman–Crippen MR) is 76.2 cm³/mol. The Balaban J connectivity index is 0.000000567. The summed E-state index contributed by atoms with van der Waals surface area (Å²) in [6.07, 6.45) is 2.08. The average Bonchev–Trinajstić information content (AvgIpc) is 2.40. The molecule has 0 unspecified atom stereocenters. The summed E-state index contributed by atoms with van der Waals surface area (Å²) in [4.78, 5) is 30.5. The second-order valence-corrected chi connectivity index (χ2v) is 4.12. The van der Waals surface area contributed by atoms with Crippen LogP contribution in [0.3, 0.4) is 0 Å². The molecule has 7 nitrogen and oxygen atoms in total. The van der Waals surface area contributed by atoms with E-state index in [4.69, 9.17) is 9.84 Å². The van der Waals surface area contributed by atoms with Crippen LogP contribution in [0.15, 0.2) is 24.3 Å². The fourth-order valence-corrected chi connectivity index (χ4v) is 1.24. The Bertz CT molecular complexity index is 469. The van der Waals surface area contributed by atoms with E-state index in [1.54, 1.807) is 0 Å². The number of nitrogens with zero attached hydrogens (tertiary/aromatic N) is 1. The van der Waals surface area contributed by atoms with Gasteiger partial charge in [-0.05, 0) is 25.0 Å². The van der Waals surface area contributed by atoms with Gasteiger partial charge in [-0.25, -0.2) is 0 Å². The van der Waals surface area contributed by atoms with Crippen molar-refractivity contribution in [1.82, 2.24) is 0 Å². The van der Waals surface area contributed by atoms with Gasteiger partial charge in [0.25, 0.3) is 5.69 Å². The van der Waals surface area contributed by atoms with E-state index in [1.807, 2.05) is 13.8 Å². The Kier molecular flexibility index (Phi) is 9.16. The van der Waals surface area contributed by atoms with E-state index >= 15 is 0 Å². The monoisotopic (exact) mass is 297 g/mol. The number of carbonyl (C=O) groups is 2. The van der Waals surface area contributed by atoms with Crippen molar-refractivity contribution in [2.45, 2.75) is 39.5 Å². The summed E-state index contributed by atoms with van der Waals surface area (Å²) in [6.45, 7) is 3.71. The van der Waals surface area contributed by atoms with Gasteiger partial charge in [-0.3, -0.25) is 19.7 Å². The van der Waals surface area contributed by atoms with Crippen LogP contribution in [0.4, 0.5) is 5.69 Å². The van der Waals surface area contributed by atoms with Crippen molar-refractivity contribution in [3.8, 4) is 5.75 Å². The topological polar surface area (TPSA) is 107 Å². The second-order valence-electron chi connectivity index (χ2n) is 4.12. The number of aliphatic carboxylic acids is 1. The summed E-state index contributed by atoms with van der Waals surface area (Å²) in [7, 11) is 0. The molecule has 1 aromatic carbocycles. The Morgan fingerprint density at radius 3 is 2.00 bits per heavy atom. The van der Waals surface area contributed by atoms with E-state index in [-0.39, 0.29) is 11.7 Å². The Morgan fingerprint density at radius 1 is 1.14 bits per heavy atom. The molecule has 0 spiro atoms. The molecule has 0 radical (unpaired) electrons. The van der Waals surface area contributed by atoms with Crippen molar-refractivity contribution in [3.63, 3.8) is 0 Å². The predicted octanol–water partition coefficient (Wildman–Crippen LogP) is 3.17. The molecule has 116 valence electrons. The lowest BCUT2D eigenvalue weighted by Crippen LogP contribution is -2.06. The maximum absolute atomic E-state index is 11.1. The number of benzene rings is 1. The fraction of sp³-hybridized carbons (Fsp3) is 0.429. The smallest absolute Gasteiger partial charge is 0.311 e. The molecule has 0 fully saturated rings. The van der Waals surface area contributed by atoms with Crippen LogP contribution in [0.1, 0.15) is 39.5 Å².